The van der Waals surface area contributed by atoms with Gasteiger partial charge >= 0.3 is 6.03 Å². The number of likely N-dealkylation sites (tertiary alicyclic amines) is 1. The molecule has 124 valence electrons. The number of urea groups is 1. The fraction of sp³-hybridized carbons (Fsp3) is 0.706. The highest BCUT2D eigenvalue weighted by molar-refractivity contribution is 5.89. The Kier molecular flexibility index (Phi) is 4.16. The number of piperidine rings is 1. The summed E-state index contributed by atoms with van der Waals surface area (Å²) in [7, 11) is 0. The zero-order chi connectivity index (χ0) is 15.6. The first kappa shape index (κ1) is 14.9. The molecular formula is C17H24N4O2. The van der Waals surface area contributed by atoms with Gasteiger partial charge in [0.25, 0.3) is 0 Å². The van der Waals surface area contributed by atoms with Crippen LogP contribution in [0.1, 0.15) is 50.3 Å². The Morgan fingerprint density at radius 3 is 2.48 bits per heavy atom. The average Bonchev–Trinajstić information content (AvgIpc) is 3.30. The third kappa shape index (κ3) is 3.47. The Balaban J connectivity index is 1.27. The molecule has 4 rings (SSSR count). The smallest absolute Gasteiger partial charge is 0.321 e. The van der Waals surface area contributed by atoms with E-state index in [0.29, 0.717) is 23.6 Å². The molecule has 0 aromatic carbocycles. The molecule has 3 heterocycles. The molecule has 1 saturated carbocycles. The number of nitrogens with zero attached hydrogens (tertiary/aromatic N) is 3. The summed E-state index contributed by atoms with van der Waals surface area (Å²) in [6.07, 6.45) is 10.7. The monoisotopic (exact) mass is 316 g/mol. The van der Waals surface area contributed by atoms with E-state index in [2.05, 4.69) is 15.3 Å². The summed E-state index contributed by atoms with van der Waals surface area (Å²) in [6, 6.07) is -0.0430. The Bertz CT molecular complexity index is 544. The van der Waals surface area contributed by atoms with E-state index in [0.717, 1.165) is 38.4 Å². The fourth-order valence-electron chi connectivity index (χ4n) is 3.61. The molecule has 2 amide bonds. The minimum atomic E-state index is -0.0430. The van der Waals surface area contributed by atoms with E-state index in [1.807, 2.05) is 4.90 Å². The van der Waals surface area contributed by atoms with Crippen LogP contribution < -0.4 is 5.32 Å². The molecule has 0 radical (unpaired) electrons. The normalized spacial score (nSPS) is 25.6. The largest absolute Gasteiger partial charge is 0.378 e. The Morgan fingerprint density at radius 1 is 1.13 bits per heavy atom. The summed E-state index contributed by atoms with van der Waals surface area (Å²) in [5.41, 5.74) is 0.681. The highest BCUT2D eigenvalue weighted by Gasteiger charge is 2.31. The number of hydrogen-bond acceptors (Lipinski definition) is 4. The molecule has 0 spiro atoms. The molecule has 6 nitrogen and oxygen atoms in total. The number of carbonyl (C=O) groups is 1. The SMILES string of the molecule is O=C(Nc1cnc(C2CC2)nc1)N1CCC(C2CCCO2)CC1. The molecule has 1 aliphatic carbocycles. The van der Waals surface area contributed by atoms with Crippen LogP contribution in [0.5, 0.6) is 0 Å². The summed E-state index contributed by atoms with van der Waals surface area (Å²) in [6.45, 7) is 2.51. The molecule has 1 atom stereocenters. The fourth-order valence-corrected chi connectivity index (χ4v) is 3.61. The minimum absolute atomic E-state index is 0.0430. The number of hydrogen-bond donors (Lipinski definition) is 1. The summed E-state index contributed by atoms with van der Waals surface area (Å²) in [4.78, 5) is 22.9. The van der Waals surface area contributed by atoms with Crippen LogP contribution in [-0.4, -0.2) is 46.7 Å². The van der Waals surface area contributed by atoms with Crippen LogP contribution in [0.4, 0.5) is 10.5 Å². The quantitative estimate of drug-likeness (QED) is 0.931. The first-order valence-corrected chi connectivity index (χ1v) is 8.79. The van der Waals surface area contributed by atoms with Crippen LogP contribution in [0.3, 0.4) is 0 Å². The predicted molar refractivity (Wildman–Crippen MR) is 86.3 cm³/mol. The number of carbonyl (C=O) groups excluding carboxylic acids is 1. The van der Waals surface area contributed by atoms with Gasteiger partial charge in [0.15, 0.2) is 0 Å². The molecule has 0 bridgehead atoms. The number of aromatic nitrogens is 2. The van der Waals surface area contributed by atoms with E-state index >= 15 is 0 Å². The number of rotatable bonds is 3. The highest BCUT2D eigenvalue weighted by Crippen LogP contribution is 2.37. The topological polar surface area (TPSA) is 67.4 Å². The van der Waals surface area contributed by atoms with E-state index in [9.17, 15) is 4.79 Å². The molecule has 1 aromatic rings. The van der Waals surface area contributed by atoms with Gasteiger partial charge in [-0.05, 0) is 44.4 Å². The number of anilines is 1. The van der Waals surface area contributed by atoms with Gasteiger partial charge < -0.3 is 15.0 Å². The zero-order valence-corrected chi connectivity index (χ0v) is 13.4. The lowest BCUT2D eigenvalue weighted by Gasteiger charge is -2.34. The van der Waals surface area contributed by atoms with Gasteiger partial charge in [0, 0.05) is 25.6 Å². The van der Waals surface area contributed by atoms with Crippen molar-refractivity contribution < 1.29 is 9.53 Å². The van der Waals surface area contributed by atoms with Crippen molar-refractivity contribution in [2.24, 2.45) is 5.92 Å². The van der Waals surface area contributed by atoms with Crippen LogP contribution in [0.15, 0.2) is 12.4 Å². The van der Waals surface area contributed by atoms with Crippen molar-refractivity contribution in [3.05, 3.63) is 18.2 Å². The molecule has 3 fully saturated rings. The zero-order valence-electron chi connectivity index (χ0n) is 13.4. The Labute approximate surface area is 136 Å². The molecule has 23 heavy (non-hydrogen) atoms. The molecule has 6 heteroatoms. The molecule has 2 saturated heterocycles. The average molecular weight is 316 g/mol. The maximum atomic E-state index is 12.4. The van der Waals surface area contributed by atoms with Crippen LogP contribution >= 0.6 is 0 Å². The van der Waals surface area contributed by atoms with Crippen molar-refractivity contribution >= 4 is 11.7 Å². The lowest BCUT2D eigenvalue weighted by molar-refractivity contribution is 0.0382. The summed E-state index contributed by atoms with van der Waals surface area (Å²) < 4.78 is 5.78. The van der Waals surface area contributed by atoms with Gasteiger partial charge in [-0.2, -0.15) is 0 Å². The Morgan fingerprint density at radius 2 is 1.87 bits per heavy atom. The Hall–Kier alpha value is -1.69. The molecular weight excluding hydrogens is 292 g/mol. The number of amides is 2. The van der Waals surface area contributed by atoms with Crippen LogP contribution in [-0.2, 0) is 4.74 Å². The van der Waals surface area contributed by atoms with Crippen molar-refractivity contribution in [1.82, 2.24) is 14.9 Å². The van der Waals surface area contributed by atoms with Gasteiger partial charge in [-0.3, -0.25) is 0 Å². The second-order valence-corrected chi connectivity index (χ2v) is 6.91. The molecule has 2 aliphatic heterocycles. The van der Waals surface area contributed by atoms with Gasteiger partial charge in [-0.25, -0.2) is 14.8 Å². The van der Waals surface area contributed by atoms with Crippen LogP contribution in [0.25, 0.3) is 0 Å². The van der Waals surface area contributed by atoms with Gasteiger partial charge in [0.1, 0.15) is 5.82 Å². The molecule has 1 unspecified atom stereocenters. The maximum Gasteiger partial charge on any atom is 0.321 e. The van der Waals surface area contributed by atoms with Crippen LogP contribution in [0, 0.1) is 5.92 Å². The standard InChI is InChI=1S/C17H24N4O2/c22-17(20-14-10-18-16(19-11-14)13-3-4-13)21-7-5-12(6-8-21)15-2-1-9-23-15/h10-13,15H,1-9H2,(H,20,22). The van der Waals surface area contributed by atoms with Gasteiger partial charge in [0.05, 0.1) is 24.2 Å². The van der Waals surface area contributed by atoms with E-state index in [4.69, 9.17) is 4.74 Å². The summed E-state index contributed by atoms with van der Waals surface area (Å²) in [5, 5.41) is 2.91. The van der Waals surface area contributed by atoms with E-state index in [1.165, 1.54) is 25.7 Å². The second-order valence-electron chi connectivity index (χ2n) is 6.91. The van der Waals surface area contributed by atoms with Crippen molar-refractivity contribution in [1.29, 1.82) is 0 Å². The lowest BCUT2D eigenvalue weighted by Crippen LogP contribution is -2.43. The van der Waals surface area contributed by atoms with E-state index < -0.39 is 0 Å². The van der Waals surface area contributed by atoms with E-state index in [1.54, 1.807) is 12.4 Å². The van der Waals surface area contributed by atoms with Crippen LogP contribution in [0.2, 0.25) is 0 Å². The van der Waals surface area contributed by atoms with E-state index in [-0.39, 0.29) is 6.03 Å². The van der Waals surface area contributed by atoms with Gasteiger partial charge in [-0.15, -0.1) is 0 Å². The van der Waals surface area contributed by atoms with Gasteiger partial charge in [-0.1, -0.05) is 0 Å². The number of ether oxygens (including phenoxy) is 1. The number of nitrogens with one attached hydrogen (secondary N) is 1. The summed E-state index contributed by atoms with van der Waals surface area (Å²) >= 11 is 0. The first-order chi connectivity index (χ1) is 11.3. The third-order valence-electron chi connectivity index (χ3n) is 5.18. The minimum Gasteiger partial charge on any atom is -0.378 e. The maximum absolute atomic E-state index is 12.4. The first-order valence-electron chi connectivity index (χ1n) is 8.79. The van der Waals surface area contributed by atoms with Crippen molar-refractivity contribution in [2.45, 2.75) is 50.5 Å². The van der Waals surface area contributed by atoms with Gasteiger partial charge in [0.2, 0.25) is 0 Å². The van der Waals surface area contributed by atoms with Crippen molar-refractivity contribution in [2.75, 3.05) is 25.0 Å². The molecule has 1 aromatic heterocycles. The molecule has 1 N–H and O–H groups in total. The third-order valence-corrected chi connectivity index (χ3v) is 5.18. The van der Waals surface area contributed by atoms with Crippen molar-refractivity contribution in [3.63, 3.8) is 0 Å². The lowest BCUT2D eigenvalue weighted by atomic mass is 9.90. The summed E-state index contributed by atoms with van der Waals surface area (Å²) in [5.74, 6) is 2.06. The molecule has 3 aliphatic rings. The second kappa shape index (κ2) is 6.43. The highest BCUT2D eigenvalue weighted by atomic mass is 16.5. The van der Waals surface area contributed by atoms with Crippen molar-refractivity contribution in [3.8, 4) is 0 Å². The predicted octanol–water partition coefficient (Wildman–Crippen LogP) is 2.78.